The van der Waals surface area contributed by atoms with E-state index in [1.165, 1.54) is 57.8 Å². The monoisotopic (exact) mass is 456 g/mol. The van der Waals surface area contributed by atoms with Crippen LogP contribution in [0.25, 0.3) is 0 Å². The van der Waals surface area contributed by atoms with Crippen LogP contribution in [0.5, 0.6) is 0 Å². The van der Waals surface area contributed by atoms with Crippen molar-refractivity contribution < 1.29 is 9.53 Å². The molecule has 3 fully saturated rings. The lowest BCUT2D eigenvalue weighted by Crippen LogP contribution is -2.51. The maximum absolute atomic E-state index is 11.5. The van der Waals surface area contributed by atoms with Crippen LogP contribution < -0.4 is 0 Å². The minimum atomic E-state index is -0.115. The normalized spacial score (nSPS) is 42.1. The number of rotatable bonds is 7. The van der Waals surface area contributed by atoms with Crippen molar-refractivity contribution in [2.75, 3.05) is 0 Å². The summed E-state index contributed by atoms with van der Waals surface area (Å²) in [5.74, 6) is 6.03. The topological polar surface area (TPSA) is 26.3 Å². The van der Waals surface area contributed by atoms with E-state index in [9.17, 15) is 4.79 Å². The second kappa shape index (κ2) is 9.69. The number of hydrogen-bond acceptors (Lipinski definition) is 2. The highest BCUT2D eigenvalue weighted by atomic mass is 16.5. The Morgan fingerprint density at radius 3 is 2.48 bits per heavy atom. The van der Waals surface area contributed by atoms with Gasteiger partial charge in [-0.1, -0.05) is 66.0 Å². The molecule has 0 aromatic rings. The highest BCUT2D eigenvalue weighted by molar-refractivity contribution is 5.66. The standard InChI is InChI=1S/C31H52O2/c1-8-23(20(2)3)10-9-21(4)27-13-14-28-26-12-11-24-19-25(33-22(5)32)15-17-30(24,6)29(26)16-18-31(27,28)7/h11,20-21,23,25-29H,8-10,12-19H2,1-7H3/t21-,23+,25+,26-,27+,28-,29-,30+,31-/m1/s1. The minimum absolute atomic E-state index is 0.113. The Labute approximate surface area is 204 Å². The molecule has 9 atom stereocenters. The molecule has 0 aliphatic heterocycles. The number of esters is 1. The summed E-state index contributed by atoms with van der Waals surface area (Å²) in [6.07, 6.45) is 17.2. The van der Waals surface area contributed by atoms with Gasteiger partial charge in [-0.15, -0.1) is 0 Å². The zero-order valence-electron chi connectivity index (χ0n) is 22.8. The van der Waals surface area contributed by atoms with E-state index >= 15 is 0 Å². The van der Waals surface area contributed by atoms with Gasteiger partial charge in [0, 0.05) is 13.3 Å². The molecule has 0 saturated heterocycles. The third kappa shape index (κ3) is 4.58. The summed E-state index contributed by atoms with van der Waals surface area (Å²) < 4.78 is 5.63. The molecule has 188 valence electrons. The van der Waals surface area contributed by atoms with Crippen LogP contribution in [0, 0.1) is 52.3 Å². The Morgan fingerprint density at radius 2 is 1.82 bits per heavy atom. The predicted molar refractivity (Wildman–Crippen MR) is 138 cm³/mol. The number of fused-ring (bicyclic) bond motifs is 5. The lowest BCUT2D eigenvalue weighted by molar-refractivity contribution is -0.148. The summed E-state index contributed by atoms with van der Waals surface area (Å²) in [7, 11) is 0. The van der Waals surface area contributed by atoms with Crippen LogP contribution in [0.1, 0.15) is 119 Å². The Morgan fingerprint density at radius 1 is 1.06 bits per heavy atom. The number of hydrogen-bond donors (Lipinski definition) is 0. The second-order valence-corrected chi connectivity index (χ2v) is 13.4. The summed E-state index contributed by atoms with van der Waals surface area (Å²) >= 11 is 0. The molecule has 2 nitrogen and oxygen atoms in total. The highest BCUT2D eigenvalue weighted by Crippen LogP contribution is 2.67. The van der Waals surface area contributed by atoms with Gasteiger partial charge >= 0.3 is 5.97 Å². The molecule has 0 bridgehead atoms. The maximum Gasteiger partial charge on any atom is 0.302 e. The molecule has 4 aliphatic carbocycles. The van der Waals surface area contributed by atoms with Gasteiger partial charge in [-0.25, -0.2) is 0 Å². The maximum atomic E-state index is 11.5. The van der Waals surface area contributed by atoms with Gasteiger partial charge in [-0.05, 0) is 104 Å². The first-order valence-electron chi connectivity index (χ1n) is 14.5. The fourth-order valence-electron chi connectivity index (χ4n) is 9.63. The van der Waals surface area contributed by atoms with Gasteiger partial charge in [0.25, 0.3) is 0 Å². The van der Waals surface area contributed by atoms with Crippen molar-refractivity contribution >= 4 is 5.97 Å². The summed E-state index contributed by atoms with van der Waals surface area (Å²) in [5.41, 5.74) is 2.51. The van der Waals surface area contributed by atoms with Crippen molar-refractivity contribution in [3.8, 4) is 0 Å². The van der Waals surface area contributed by atoms with Gasteiger partial charge in [0.05, 0.1) is 0 Å². The first-order valence-corrected chi connectivity index (χ1v) is 14.5. The lowest BCUT2D eigenvalue weighted by atomic mass is 9.47. The number of allylic oxidation sites excluding steroid dienone is 1. The molecule has 0 unspecified atom stereocenters. The van der Waals surface area contributed by atoms with Crippen molar-refractivity contribution in [2.24, 2.45) is 52.3 Å². The quantitative estimate of drug-likeness (QED) is 0.283. The summed E-state index contributed by atoms with van der Waals surface area (Å²) in [5, 5.41) is 0. The largest absolute Gasteiger partial charge is 0.462 e. The molecular formula is C31H52O2. The van der Waals surface area contributed by atoms with E-state index in [0.717, 1.165) is 54.3 Å². The van der Waals surface area contributed by atoms with E-state index in [2.05, 4.69) is 47.6 Å². The van der Waals surface area contributed by atoms with Crippen LogP contribution in [0.2, 0.25) is 0 Å². The first-order chi connectivity index (χ1) is 15.6. The van der Waals surface area contributed by atoms with Crippen molar-refractivity contribution in [1.29, 1.82) is 0 Å². The molecule has 0 heterocycles. The fourth-order valence-corrected chi connectivity index (χ4v) is 9.63. The molecule has 0 radical (unpaired) electrons. The molecule has 0 amide bonds. The van der Waals surface area contributed by atoms with Gasteiger partial charge in [0.15, 0.2) is 0 Å². The van der Waals surface area contributed by atoms with Crippen LogP contribution in [-0.4, -0.2) is 12.1 Å². The molecule has 0 aromatic carbocycles. The van der Waals surface area contributed by atoms with E-state index in [1.807, 2.05) is 0 Å². The van der Waals surface area contributed by atoms with Crippen LogP contribution >= 0.6 is 0 Å². The van der Waals surface area contributed by atoms with Crippen LogP contribution in [0.3, 0.4) is 0 Å². The van der Waals surface area contributed by atoms with Gasteiger partial charge in [0.2, 0.25) is 0 Å². The number of carbonyl (C=O) groups is 1. The van der Waals surface area contributed by atoms with Crippen LogP contribution in [0.15, 0.2) is 11.6 Å². The van der Waals surface area contributed by atoms with Crippen LogP contribution in [-0.2, 0) is 9.53 Å². The van der Waals surface area contributed by atoms with E-state index in [4.69, 9.17) is 4.74 Å². The molecule has 2 heteroatoms. The summed E-state index contributed by atoms with van der Waals surface area (Å²) in [6.45, 7) is 16.6. The Kier molecular flexibility index (Phi) is 7.43. The highest BCUT2D eigenvalue weighted by Gasteiger charge is 2.59. The zero-order chi connectivity index (χ0) is 24.0. The summed E-state index contributed by atoms with van der Waals surface area (Å²) in [4.78, 5) is 11.5. The van der Waals surface area contributed by atoms with Crippen molar-refractivity contribution in [1.82, 2.24) is 0 Å². The minimum Gasteiger partial charge on any atom is -0.462 e. The fraction of sp³-hybridized carbons (Fsp3) is 0.903. The van der Waals surface area contributed by atoms with Gasteiger partial charge in [0.1, 0.15) is 6.10 Å². The Balaban J connectivity index is 1.46. The van der Waals surface area contributed by atoms with Gasteiger partial charge in [-0.2, -0.15) is 0 Å². The van der Waals surface area contributed by atoms with Crippen molar-refractivity contribution in [3.05, 3.63) is 11.6 Å². The third-order valence-electron chi connectivity index (χ3n) is 11.6. The summed E-state index contributed by atoms with van der Waals surface area (Å²) in [6, 6.07) is 0. The molecule has 0 aromatic heterocycles. The zero-order valence-corrected chi connectivity index (χ0v) is 22.8. The smallest absolute Gasteiger partial charge is 0.302 e. The Bertz CT molecular complexity index is 737. The van der Waals surface area contributed by atoms with E-state index in [-0.39, 0.29) is 12.1 Å². The van der Waals surface area contributed by atoms with Crippen molar-refractivity contribution in [2.45, 2.75) is 125 Å². The van der Waals surface area contributed by atoms with E-state index in [0.29, 0.717) is 10.8 Å². The third-order valence-corrected chi connectivity index (χ3v) is 11.6. The average Bonchev–Trinajstić information content (AvgIpc) is 3.11. The number of ether oxygens (including phenoxy) is 1. The first kappa shape index (κ1) is 25.3. The molecule has 0 spiro atoms. The number of carbonyl (C=O) groups excluding carboxylic acids is 1. The second-order valence-electron chi connectivity index (χ2n) is 13.4. The lowest BCUT2D eigenvalue weighted by Gasteiger charge is -2.58. The molecule has 33 heavy (non-hydrogen) atoms. The SMILES string of the molecule is CC[C@@H](CC[C@@H](C)[C@@H]1CC[C@@H]2[C@H]3CC=C4C[C@@H](OC(C)=O)CC[C@]4(C)[C@@H]3CC[C@@]21C)C(C)C. The molecule has 0 N–H and O–H groups in total. The van der Waals surface area contributed by atoms with Gasteiger partial charge in [-0.3, -0.25) is 4.79 Å². The van der Waals surface area contributed by atoms with Crippen molar-refractivity contribution in [3.63, 3.8) is 0 Å². The predicted octanol–water partition coefficient (Wildman–Crippen LogP) is 8.60. The van der Waals surface area contributed by atoms with Gasteiger partial charge < -0.3 is 4.74 Å². The van der Waals surface area contributed by atoms with E-state index in [1.54, 1.807) is 12.5 Å². The van der Waals surface area contributed by atoms with Crippen LogP contribution in [0.4, 0.5) is 0 Å². The Hall–Kier alpha value is -0.790. The molecule has 4 rings (SSSR count). The average molecular weight is 457 g/mol. The molecular weight excluding hydrogens is 404 g/mol. The molecule has 4 aliphatic rings. The van der Waals surface area contributed by atoms with E-state index < -0.39 is 0 Å². The molecule has 3 saturated carbocycles.